The quantitative estimate of drug-likeness (QED) is 0.634. The topological polar surface area (TPSA) is 104 Å². The lowest BCUT2D eigenvalue weighted by molar-refractivity contribution is -0.396. The highest BCUT2D eigenvalue weighted by atomic mass is 32.2. The number of aromatic nitrogens is 2. The van der Waals surface area contributed by atoms with Gasteiger partial charge in [-0.3, -0.25) is 20.2 Å². The molecule has 0 aliphatic carbocycles. The van der Waals surface area contributed by atoms with Crippen molar-refractivity contribution in [1.29, 1.82) is 0 Å². The van der Waals surface area contributed by atoms with Gasteiger partial charge in [-0.2, -0.15) is 5.10 Å². The minimum absolute atomic E-state index is 0.298. The van der Waals surface area contributed by atoms with Crippen LogP contribution in [-0.2, 0) is 0 Å². The van der Waals surface area contributed by atoms with E-state index in [1.807, 2.05) is 19.9 Å². The molecule has 0 bridgehead atoms. The van der Waals surface area contributed by atoms with Crippen LogP contribution in [0.1, 0.15) is 11.4 Å². The molecular weight excluding hydrogens is 284 g/mol. The van der Waals surface area contributed by atoms with E-state index in [2.05, 4.69) is 5.10 Å². The largest absolute Gasteiger partial charge is 0.291 e. The Morgan fingerprint density at radius 2 is 1.85 bits per heavy atom. The Bertz CT molecular complexity index is 698. The minimum atomic E-state index is -0.662. The van der Waals surface area contributed by atoms with Gasteiger partial charge in [0.2, 0.25) is 0 Å². The monoisotopic (exact) mass is 294 g/mol. The van der Waals surface area contributed by atoms with E-state index in [0.717, 1.165) is 29.4 Å². The van der Waals surface area contributed by atoms with Crippen molar-refractivity contribution in [3.63, 3.8) is 0 Å². The lowest BCUT2D eigenvalue weighted by atomic mass is 10.3. The van der Waals surface area contributed by atoms with Gasteiger partial charge in [-0.1, -0.05) is 0 Å². The van der Waals surface area contributed by atoms with Crippen LogP contribution in [0.3, 0.4) is 0 Å². The van der Waals surface area contributed by atoms with Crippen molar-refractivity contribution in [2.75, 3.05) is 0 Å². The average molecular weight is 294 g/mol. The van der Waals surface area contributed by atoms with Crippen molar-refractivity contribution in [3.05, 3.63) is 55.9 Å². The summed E-state index contributed by atoms with van der Waals surface area (Å²) in [6.07, 6.45) is 0. The third-order valence-corrected chi connectivity index (χ3v) is 3.59. The summed E-state index contributed by atoms with van der Waals surface area (Å²) >= 11 is 1.05. The summed E-state index contributed by atoms with van der Waals surface area (Å²) in [5, 5.41) is 25.9. The second kappa shape index (κ2) is 5.29. The van der Waals surface area contributed by atoms with Gasteiger partial charge in [0.25, 0.3) is 11.4 Å². The predicted octanol–water partition coefficient (Wildman–Crippen LogP) is 2.87. The van der Waals surface area contributed by atoms with Crippen LogP contribution in [-0.4, -0.2) is 19.0 Å². The highest BCUT2D eigenvalue weighted by molar-refractivity contribution is 7.97. The number of hydrogen-bond acceptors (Lipinski definition) is 6. The Kier molecular flexibility index (Phi) is 3.70. The number of benzene rings is 1. The van der Waals surface area contributed by atoms with E-state index in [-0.39, 0.29) is 11.4 Å². The van der Waals surface area contributed by atoms with Gasteiger partial charge < -0.3 is 0 Å². The van der Waals surface area contributed by atoms with Crippen LogP contribution >= 0.6 is 11.9 Å². The average Bonchev–Trinajstić information content (AvgIpc) is 2.67. The second-order valence-electron chi connectivity index (χ2n) is 4.06. The molecule has 0 amide bonds. The molecule has 9 heteroatoms. The van der Waals surface area contributed by atoms with Crippen LogP contribution in [0.2, 0.25) is 0 Å². The smallest absolute Gasteiger partial charge is 0.258 e. The van der Waals surface area contributed by atoms with Gasteiger partial charge in [-0.15, -0.1) is 0 Å². The Balaban J connectivity index is 2.43. The Labute approximate surface area is 117 Å². The third-order valence-electron chi connectivity index (χ3n) is 2.50. The lowest BCUT2D eigenvalue weighted by Crippen LogP contribution is -1.98. The molecule has 2 rings (SSSR count). The van der Waals surface area contributed by atoms with Crippen LogP contribution in [0.4, 0.5) is 11.4 Å². The molecule has 104 valence electrons. The lowest BCUT2D eigenvalue weighted by Gasteiger charge is -2.04. The molecule has 0 saturated heterocycles. The molecule has 0 N–H and O–H groups in total. The fraction of sp³-hybridized carbons (Fsp3) is 0.182. The first-order chi connectivity index (χ1) is 9.38. The number of aryl methyl sites for hydroxylation is 2. The number of nitro benzene ring substituents is 2. The fourth-order valence-electron chi connectivity index (χ4n) is 1.63. The normalized spacial score (nSPS) is 10.5. The second-order valence-corrected chi connectivity index (χ2v) is 5.03. The Morgan fingerprint density at radius 1 is 1.15 bits per heavy atom. The molecule has 0 spiro atoms. The molecule has 8 nitrogen and oxygen atoms in total. The van der Waals surface area contributed by atoms with E-state index in [1.165, 1.54) is 12.1 Å². The molecule has 0 atom stereocenters. The van der Waals surface area contributed by atoms with Crippen molar-refractivity contribution >= 4 is 23.3 Å². The van der Waals surface area contributed by atoms with Gasteiger partial charge >= 0.3 is 0 Å². The molecule has 20 heavy (non-hydrogen) atoms. The van der Waals surface area contributed by atoms with Gasteiger partial charge in [-0.25, -0.2) is 4.09 Å². The summed E-state index contributed by atoms with van der Waals surface area (Å²) in [4.78, 5) is 20.7. The van der Waals surface area contributed by atoms with E-state index in [4.69, 9.17) is 0 Å². The number of hydrogen-bond donors (Lipinski definition) is 0. The summed E-state index contributed by atoms with van der Waals surface area (Å²) in [5.74, 6) is 0. The first-order valence-electron chi connectivity index (χ1n) is 5.53. The summed E-state index contributed by atoms with van der Waals surface area (Å²) in [7, 11) is 0. The van der Waals surface area contributed by atoms with E-state index >= 15 is 0 Å². The number of nitro groups is 2. The maximum atomic E-state index is 11.0. The summed E-state index contributed by atoms with van der Waals surface area (Å²) in [5.41, 5.74) is 1.01. The van der Waals surface area contributed by atoms with Crippen molar-refractivity contribution in [3.8, 4) is 0 Å². The van der Waals surface area contributed by atoms with Gasteiger partial charge in [-0.05, 0) is 26.0 Å². The maximum absolute atomic E-state index is 11.0. The van der Waals surface area contributed by atoms with Gasteiger partial charge in [0.1, 0.15) is 4.90 Å². The molecule has 0 unspecified atom stereocenters. The van der Waals surface area contributed by atoms with Gasteiger partial charge in [0, 0.05) is 23.7 Å². The number of non-ortho nitro benzene ring substituents is 1. The van der Waals surface area contributed by atoms with Crippen molar-refractivity contribution < 1.29 is 9.85 Å². The molecule has 0 aliphatic rings. The zero-order valence-electron chi connectivity index (χ0n) is 10.6. The number of nitrogens with zero attached hydrogens (tertiary/aromatic N) is 4. The predicted molar refractivity (Wildman–Crippen MR) is 72.7 cm³/mol. The molecular formula is C11H10N4O4S. The van der Waals surface area contributed by atoms with Gasteiger partial charge in [0.15, 0.2) is 0 Å². The van der Waals surface area contributed by atoms with Crippen molar-refractivity contribution in [2.45, 2.75) is 18.7 Å². The van der Waals surface area contributed by atoms with E-state index in [9.17, 15) is 20.2 Å². The molecule has 0 radical (unpaired) electrons. The Hall–Kier alpha value is -2.42. The zero-order chi connectivity index (χ0) is 14.9. The van der Waals surface area contributed by atoms with Crippen molar-refractivity contribution in [2.24, 2.45) is 0 Å². The van der Waals surface area contributed by atoms with Crippen molar-refractivity contribution in [1.82, 2.24) is 9.19 Å². The van der Waals surface area contributed by atoms with Gasteiger partial charge in [0.05, 0.1) is 21.6 Å². The molecule has 1 heterocycles. The molecule has 0 saturated carbocycles. The van der Waals surface area contributed by atoms with E-state index in [1.54, 1.807) is 4.09 Å². The van der Waals surface area contributed by atoms with E-state index < -0.39 is 9.85 Å². The Morgan fingerprint density at radius 3 is 2.35 bits per heavy atom. The molecule has 1 aromatic carbocycles. The van der Waals surface area contributed by atoms with Crippen LogP contribution in [0.25, 0.3) is 0 Å². The van der Waals surface area contributed by atoms with Crippen LogP contribution in [0.5, 0.6) is 0 Å². The zero-order valence-corrected chi connectivity index (χ0v) is 11.5. The molecule has 1 aromatic heterocycles. The minimum Gasteiger partial charge on any atom is -0.258 e. The van der Waals surface area contributed by atoms with Crippen LogP contribution in [0.15, 0.2) is 29.2 Å². The first-order valence-corrected chi connectivity index (χ1v) is 6.30. The highest BCUT2D eigenvalue weighted by Crippen LogP contribution is 2.33. The third kappa shape index (κ3) is 2.77. The van der Waals surface area contributed by atoms with Crippen LogP contribution < -0.4 is 0 Å². The van der Waals surface area contributed by atoms with E-state index in [0.29, 0.717) is 4.90 Å². The van der Waals surface area contributed by atoms with Crippen LogP contribution in [0, 0.1) is 34.1 Å². The molecule has 2 aromatic rings. The summed E-state index contributed by atoms with van der Waals surface area (Å²) < 4.78 is 1.55. The standard InChI is InChI=1S/C11H10N4O4S/c1-7-5-8(2)13(12-7)20-11-4-3-9(14(16)17)6-10(11)15(18)19/h3-6H,1-2H3. The highest BCUT2D eigenvalue weighted by Gasteiger charge is 2.21. The molecule has 0 fully saturated rings. The number of rotatable bonds is 4. The maximum Gasteiger partial charge on any atom is 0.291 e. The SMILES string of the molecule is Cc1cc(C)n(Sc2ccc([N+](=O)[O-])cc2[N+](=O)[O-])n1. The summed E-state index contributed by atoms with van der Waals surface area (Å²) in [6, 6.07) is 5.39. The summed E-state index contributed by atoms with van der Waals surface area (Å²) in [6.45, 7) is 3.64. The first kappa shape index (κ1) is 14.0. The fourth-order valence-corrected chi connectivity index (χ4v) is 2.54. The molecule has 0 aliphatic heterocycles.